The zero-order valence-electron chi connectivity index (χ0n) is 13.0. The van der Waals surface area contributed by atoms with Gasteiger partial charge in [0.15, 0.2) is 0 Å². The topological polar surface area (TPSA) is 63.1 Å². The summed E-state index contributed by atoms with van der Waals surface area (Å²) >= 11 is 1.65. The normalized spacial score (nSPS) is 18.4. The molecule has 0 saturated carbocycles. The number of aromatic nitrogens is 1. The van der Waals surface area contributed by atoms with Gasteiger partial charge >= 0.3 is 0 Å². The third-order valence-electron chi connectivity index (χ3n) is 3.96. The summed E-state index contributed by atoms with van der Waals surface area (Å²) in [5.74, 6) is 1.33. The van der Waals surface area contributed by atoms with E-state index in [9.17, 15) is 9.59 Å². The van der Waals surface area contributed by atoms with Crippen LogP contribution in [-0.2, 0) is 16.1 Å². The minimum absolute atomic E-state index is 0.0334. The van der Waals surface area contributed by atoms with Crippen molar-refractivity contribution in [1.29, 1.82) is 0 Å². The van der Waals surface area contributed by atoms with Crippen LogP contribution in [0.15, 0.2) is 36.5 Å². The predicted molar refractivity (Wildman–Crippen MR) is 93.4 cm³/mol. The van der Waals surface area contributed by atoms with Crippen LogP contribution in [0.5, 0.6) is 0 Å². The Balaban J connectivity index is 1.46. The van der Waals surface area contributed by atoms with Crippen molar-refractivity contribution < 1.29 is 9.59 Å². The van der Waals surface area contributed by atoms with Gasteiger partial charge in [-0.3, -0.25) is 9.59 Å². The van der Waals surface area contributed by atoms with Gasteiger partial charge in [-0.2, -0.15) is 11.8 Å². The fraction of sp³-hybridized carbons (Fsp3) is 0.412. The Kier molecular flexibility index (Phi) is 5.23. The number of fused-ring (bicyclic) bond motifs is 1. The lowest BCUT2D eigenvalue weighted by atomic mass is 10.2. The number of carbonyl (C=O) groups is 2. The quantitative estimate of drug-likeness (QED) is 0.821. The number of hydrogen-bond donors (Lipinski definition) is 2. The van der Waals surface area contributed by atoms with Crippen molar-refractivity contribution in [2.45, 2.75) is 25.4 Å². The number of aryl methyl sites for hydroxylation is 1. The van der Waals surface area contributed by atoms with E-state index in [1.165, 1.54) is 10.9 Å². The van der Waals surface area contributed by atoms with Crippen LogP contribution >= 0.6 is 11.8 Å². The second-order valence-corrected chi connectivity index (χ2v) is 6.81. The second kappa shape index (κ2) is 7.55. The summed E-state index contributed by atoms with van der Waals surface area (Å²) in [4.78, 5) is 23.6. The molecular weight excluding hydrogens is 310 g/mol. The third kappa shape index (κ3) is 4.07. The molecule has 0 aliphatic carbocycles. The molecule has 5 nitrogen and oxygen atoms in total. The first-order valence-electron chi connectivity index (χ1n) is 7.93. The van der Waals surface area contributed by atoms with E-state index < -0.39 is 6.04 Å². The standard InChI is InChI=1S/C17H21N3O2S/c21-16-7-11-23-12-14(19-16)17(22)18-8-3-9-20-10-6-13-4-1-2-5-15(13)20/h1-2,4-6,10,14H,3,7-9,11-12H2,(H,18,22)(H,19,21)/t14-/m1/s1. The van der Waals surface area contributed by atoms with Crippen LogP contribution in [0, 0.1) is 0 Å². The molecule has 2 amide bonds. The largest absolute Gasteiger partial charge is 0.354 e. The molecule has 3 rings (SSSR count). The molecule has 1 saturated heterocycles. The lowest BCUT2D eigenvalue weighted by molar-refractivity contribution is -0.128. The number of amides is 2. The summed E-state index contributed by atoms with van der Waals surface area (Å²) in [6, 6.07) is 9.97. The molecule has 1 fully saturated rings. The van der Waals surface area contributed by atoms with E-state index in [1.54, 1.807) is 11.8 Å². The third-order valence-corrected chi connectivity index (χ3v) is 5.03. The molecule has 1 atom stereocenters. The van der Waals surface area contributed by atoms with Crippen LogP contribution in [0.2, 0.25) is 0 Å². The molecule has 6 heteroatoms. The van der Waals surface area contributed by atoms with Crippen molar-refractivity contribution in [1.82, 2.24) is 15.2 Å². The van der Waals surface area contributed by atoms with E-state index in [0.29, 0.717) is 18.7 Å². The summed E-state index contributed by atoms with van der Waals surface area (Å²) in [6.07, 6.45) is 3.43. The van der Waals surface area contributed by atoms with Crippen molar-refractivity contribution in [3.05, 3.63) is 36.5 Å². The Bertz CT molecular complexity index is 698. The average Bonchev–Trinajstić information content (AvgIpc) is 2.84. The lowest BCUT2D eigenvalue weighted by Gasteiger charge is -2.15. The van der Waals surface area contributed by atoms with Crippen LogP contribution in [-0.4, -0.2) is 40.5 Å². The highest BCUT2D eigenvalue weighted by atomic mass is 32.2. The Morgan fingerprint density at radius 2 is 2.22 bits per heavy atom. The van der Waals surface area contributed by atoms with Crippen LogP contribution in [0.3, 0.4) is 0 Å². The van der Waals surface area contributed by atoms with Gasteiger partial charge in [-0.15, -0.1) is 0 Å². The maximum Gasteiger partial charge on any atom is 0.243 e. The van der Waals surface area contributed by atoms with Gasteiger partial charge in [-0.05, 0) is 23.9 Å². The van der Waals surface area contributed by atoms with Crippen molar-refractivity contribution in [2.24, 2.45) is 0 Å². The maximum atomic E-state index is 12.1. The molecule has 0 spiro atoms. The number of rotatable bonds is 5. The van der Waals surface area contributed by atoms with Gasteiger partial charge in [0, 0.05) is 42.7 Å². The first kappa shape index (κ1) is 15.9. The van der Waals surface area contributed by atoms with Gasteiger partial charge in [-0.1, -0.05) is 18.2 Å². The van der Waals surface area contributed by atoms with Crippen molar-refractivity contribution in [3.8, 4) is 0 Å². The average molecular weight is 331 g/mol. The number of hydrogen-bond acceptors (Lipinski definition) is 3. The monoisotopic (exact) mass is 331 g/mol. The van der Waals surface area contributed by atoms with Gasteiger partial charge in [0.1, 0.15) is 6.04 Å². The molecule has 23 heavy (non-hydrogen) atoms. The fourth-order valence-electron chi connectivity index (χ4n) is 2.74. The molecule has 0 radical (unpaired) electrons. The number of nitrogens with zero attached hydrogens (tertiary/aromatic N) is 1. The fourth-order valence-corrected chi connectivity index (χ4v) is 3.70. The molecule has 2 heterocycles. The molecule has 2 aromatic rings. The van der Waals surface area contributed by atoms with E-state index in [-0.39, 0.29) is 11.8 Å². The Morgan fingerprint density at radius 1 is 1.35 bits per heavy atom. The van der Waals surface area contributed by atoms with Crippen LogP contribution in [0.25, 0.3) is 10.9 Å². The molecule has 0 unspecified atom stereocenters. The van der Waals surface area contributed by atoms with Crippen LogP contribution in [0.1, 0.15) is 12.8 Å². The Morgan fingerprint density at radius 3 is 3.13 bits per heavy atom. The van der Waals surface area contributed by atoms with Crippen LogP contribution < -0.4 is 10.6 Å². The van der Waals surface area contributed by atoms with E-state index in [0.717, 1.165) is 18.7 Å². The van der Waals surface area contributed by atoms with Crippen molar-refractivity contribution in [3.63, 3.8) is 0 Å². The summed E-state index contributed by atoms with van der Waals surface area (Å²) < 4.78 is 2.20. The zero-order chi connectivity index (χ0) is 16.1. The SMILES string of the molecule is O=C1CCSC[C@H](C(=O)NCCCn2ccc3ccccc32)N1. The van der Waals surface area contributed by atoms with Crippen LogP contribution in [0.4, 0.5) is 0 Å². The molecule has 0 bridgehead atoms. The highest BCUT2D eigenvalue weighted by molar-refractivity contribution is 7.99. The van der Waals surface area contributed by atoms with E-state index in [1.807, 2.05) is 12.1 Å². The van der Waals surface area contributed by atoms with Gasteiger partial charge in [0.05, 0.1) is 0 Å². The van der Waals surface area contributed by atoms with Crippen molar-refractivity contribution in [2.75, 3.05) is 18.1 Å². The molecule has 1 aromatic heterocycles. The predicted octanol–water partition coefficient (Wildman–Crippen LogP) is 1.77. The first-order valence-corrected chi connectivity index (χ1v) is 9.08. The maximum absolute atomic E-state index is 12.1. The summed E-state index contributed by atoms with van der Waals surface area (Å²) in [5, 5.41) is 6.94. The van der Waals surface area contributed by atoms with Gasteiger partial charge in [0.25, 0.3) is 0 Å². The lowest BCUT2D eigenvalue weighted by Crippen LogP contribution is -2.47. The molecular formula is C17H21N3O2S. The number of benzene rings is 1. The second-order valence-electron chi connectivity index (χ2n) is 5.66. The van der Waals surface area contributed by atoms with E-state index in [4.69, 9.17) is 0 Å². The summed E-state index contributed by atoms with van der Waals surface area (Å²) in [7, 11) is 0. The number of para-hydroxylation sites is 1. The molecule has 1 aliphatic heterocycles. The van der Waals surface area contributed by atoms with Gasteiger partial charge < -0.3 is 15.2 Å². The highest BCUT2D eigenvalue weighted by Crippen LogP contribution is 2.15. The number of nitrogens with one attached hydrogen (secondary N) is 2. The molecule has 1 aliphatic rings. The van der Waals surface area contributed by atoms with Gasteiger partial charge in [0.2, 0.25) is 11.8 Å². The van der Waals surface area contributed by atoms with Gasteiger partial charge in [-0.25, -0.2) is 0 Å². The molecule has 1 aromatic carbocycles. The zero-order valence-corrected chi connectivity index (χ0v) is 13.8. The summed E-state index contributed by atoms with van der Waals surface area (Å²) in [6.45, 7) is 1.47. The number of thioether (sulfide) groups is 1. The molecule has 2 N–H and O–H groups in total. The Hall–Kier alpha value is -1.95. The first-order chi connectivity index (χ1) is 11.2. The minimum Gasteiger partial charge on any atom is -0.354 e. The Labute approximate surface area is 139 Å². The number of carbonyl (C=O) groups excluding carboxylic acids is 2. The van der Waals surface area contributed by atoms with E-state index in [2.05, 4.69) is 39.6 Å². The summed E-state index contributed by atoms with van der Waals surface area (Å²) in [5.41, 5.74) is 1.21. The van der Waals surface area contributed by atoms with E-state index >= 15 is 0 Å². The smallest absolute Gasteiger partial charge is 0.243 e. The highest BCUT2D eigenvalue weighted by Gasteiger charge is 2.22. The van der Waals surface area contributed by atoms with Crippen molar-refractivity contribution >= 4 is 34.5 Å². The molecule has 122 valence electrons. The minimum atomic E-state index is -0.401.